The molecule has 0 N–H and O–H groups in total. The Balaban J connectivity index is 2.88. The Bertz CT molecular complexity index is 270. The summed E-state index contributed by atoms with van der Waals surface area (Å²) in [6.07, 6.45) is 0. The van der Waals surface area contributed by atoms with Crippen LogP contribution in [0.25, 0.3) is 0 Å². The molecular formula is C9H13ClN2O2. The van der Waals surface area contributed by atoms with E-state index in [0.29, 0.717) is 30.8 Å². The zero-order chi connectivity index (χ0) is 10.4. The molecule has 14 heavy (non-hydrogen) atoms. The molecule has 0 aromatic carbocycles. The summed E-state index contributed by atoms with van der Waals surface area (Å²) in [4.78, 5) is 8.16. The summed E-state index contributed by atoms with van der Waals surface area (Å²) >= 11 is 5.64. The van der Waals surface area contributed by atoms with Crippen LogP contribution in [-0.2, 0) is 5.88 Å². The standard InChI is InChI=1S/C9H13ClN2O2/c1-3-13-8-5-9(14-4-2)12-7(6-10)11-8/h5H,3-4,6H2,1-2H3. The lowest BCUT2D eigenvalue weighted by Gasteiger charge is -2.06. The highest BCUT2D eigenvalue weighted by Crippen LogP contribution is 2.16. The maximum absolute atomic E-state index is 5.64. The zero-order valence-electron chi connectivity index (χ0n) is 8.29. The Morgan fingerprint density at radius 2 is 1.64 bits per heavy atom. The number of hydrogen-bond acceptors (Lipinski definition) is 4. The summed E-state index contributed by atoms with van der Waals surface area (Å²) in [6.45, 7) is 4.90. The minimum atomic E-state index is 0.251. The van der Waals surface area contributed by atoms with E-state index in [1.807, 2.05) is 13.8 Å². The fourth-order valence-corrected chi connectivity index (χ4v) is 1.07. The molecule has 0 unspecified atom stereocenters. The summed E-state index contributed by atoms with van der Waals surface area (Å²) < 4.78 is 10.5. The SMILES string of the molecule is CCOc1cc(OCC)nc(CCl)n1. The maximum atomic E-state index is 5.64. The Hall–Kier alpha value is -1.03. The van der Waals surface area contributed by atoms with Crippen LogP contribution in [0, 0.1) is 0 Å². The Kier molecular flexibility index (Phi) is 4.46. The molecule has 78 valence electrons. The first-order chi connectivity index (χ1) is 6.80. The molecule has 0 atom stereocenters. The lowest BCUT2D eigenvalue weighted by atomic mass is 10.5. The van der Waals surface area contributed by atoms with Crippen molar-refractivity contribution in [1.29, 1.82) is 0 Å². The van der Waals surface area contributed by atoms with Gasteiger partial charge in [-0.2, -0.15) is 9.97 Å². The molecule has 1 heterocycles. The molecular weight excluding hydrogens is 204 g/mol. The molecule has 5 heteroatoms. The minimum Gasteiger partial charge on any atom is -0.478 e. The maximum Gasteiger partial charge on any atom is 0.220 e. The van der Waals surface area contributed by atoms with Crippen molar-refractivity contribution in [1.82, 2.24) is 9.97 Å². The van der Waals surface area contributed by atoms with Gasteiger partial charge in [0.2, 0.25) is 11.8 Å². The third kappa shape index (κ3) is 3.03. The molecule has 0 bridgehead atoms. The molecule has 0 radical (unpaired) electrons. The van der Waals surface area contributed by atoms with Crippen molar-refractivity contribution in [3.05, 3.63) is 11.9 Å². The topological polar surface area (TPSA) is 44.2 Å². The van der Waals surface area contributed by atoms with Gasteiger partial charge in [0.05, 0.1) is 25.2 Å². The second-order valence-corrected chi connectivity index (χ2v) is 2.73. The quantitative estimate of drug-likeness (QED) is 0.707. The molecule has 0 spiro atoms. The number of halogens is 1. The summed E-state index contributed by atoms with van der Waals surface area (Å²) in [5, 5.41) is 0. The van der Waals surface area contributed by atoms with Gasteiger partial charge in [0.15, 0.2) is 5.82 Å². The average Bonchev–Trinajstić information content (AvgIpc) is 2.18. The van der Waals surface area contributed by atoms with Crippen molar-refractivity contribution >= 4 is 11.6 Å². The Morgan fingerprint density at radius 1 is 1.14 bits per heavy atom. The minimum absolute atomic E-state index is 0.251. The third-order valence-corrected chi connectivity index (χ3v) is 1.67. The molecule has 1 aromatic heterocycles. The molecule has 0 aliphatic heterocycles. The highest BCUT2D eigenvalue weighted by molar-refractivity contribution is 6.16. The van der Waals surface area contributed by atoms with Crippen LogP contribution in [0.4, 0.5) is 0 Å². The fourth-order valence-electron chi connectivity index (χ4n) is 0.953. The summed E-state index contributed by atoms with van der Waals surface area (Å²) in [5.41, 5.74) is 0. The lowest BCUT2D eigenvalue weighted by molar-refractivity contribution is 0.303. The van der Waals surface area contributed by atoms with Crippen molar-refractivity contribution in [2.75, 3.05) is 13.2 Å². The van der Waals surface area contributed by atoms with E-state index < -0.39 is 0 Å². The van der Waals surface area contributed by atoms with Crippen molar-refractivity contribution in [3.63, 3.8) is 0 Å². The van der Waals surface area contributed by atoms with E-state index in [1.165, 1.54) is 0 Å². The Labute approximate surface area is 88.2 Å². The molecule has 0 fully saturated rings. The molecule has 0 saturated heterocycles. The largest absolute Gasteiger partial charge is 0.478 e. The van der Waals surface area contributed by atoms with Crippen LogP contribution in [0.3, 0.4) is 0 Å². The van der Waals surface area contributed by atoms with Gasteiger partial charge in [-0.3, -0.25) is 0 Å². The summed E-state index contributed by atoms with van der Waals surface area (Å²) in [7, 11) is 0. The van der Waals surface area contributed by atoms with Gasteiger partial charge in [-0.05, 0) is 13.8 Å². The van der Waals surface area contributed by atoms with Crippen LogP contribution < -0.4 is 9.47 Å². The van der Waals surface area contributed by atoms with E-state index >= 15 is 0 Å². The first-order valence-corrected chi connectivity index (χ1v) is 5.03. The molecule has 0 aliphatic carbocycles. The van der Waals surface area contributed by atoms with E-state index in [9.17, 15) is 0 Å². The normalized spacial score (nSPS) is 9.93. The van der Waals surface area contributed by atoms with Crippen LogP contribution in [0.2, 0.25) is 0 Å². The molecule has 0 amide bonds. The summed E-state index contributed by atoms with van der Waals surface area (Å²) in [6, 6.07) is 1.66. The van der Waals surface area contributed by atoms with Crippen LogP contribution >= 0.6 is 11.6 Å². The zero-order valence-corrected chi connectivity index (χ0v) is 9.04. The highest BCUT2D eigenvalue weighted by Gasteiger charge is 2.04. The summed E-state index contributed by atoms with van der Waals surface area (Å²) in [5.74, 6) is 1.77. The fraction of sp³-hybridized carbons (Fsp3) is 0.556. The van der Waals surface area contributed by atoms with E-state index in [4.69, 9.17) is 21.1 Å². The van der Waals surface area contributed by atoms with Gasteiger partial charge in [-0.25, -0.2) is 0 Å². The highest BCUT2D eigenvalue weighted by atomic mass is 35.5. The number of alkyl halides is 1. The van der Waals surface area contributed by atoms with E-state index in [1.54, 1.807) is 6.07 Å². The van der Waals surface area contributed by atoms with Crippen molar-refractivity contribution in [2.45, 2.75) is 19.7 Å². The smallest absolute Gasteiger partial charge is 0.220 e. The van der Waals surface area contributed by atoms with Gasteiger partial charge in [0.25, 0.3) is 0 Å². The number of ether oxygens (including phenoxy) is 2. The lowest BCUT2D eigenvalue weighted by Crippen LogP contribution is -2.02. The number of aromatic nitrogens is 2. The van der Waals surface area contributed by atoms with Crippen LogP contribution in [-0.4, -0.2) is 23.2 Å². The average molecular weight is 217 g/mol. The first-order valence-electron chi connectivity index (χ1n) is 4.49. The van der Waals surface area contributed by atoms with Gasteiger partial charge in [-0.15, -0.1) is 11.6 Å². The Morgan fingerprint density at radius 3 is 2.00 bits per heavy atom. The first kappa shape index (κ1) is 11.0. The van der Waals surface area contributed by atoms with Gasteiger partial charge in [0.1, 0.15) is 0 Å². The second-order valence-electron chi connectivity index (χ2n) is 2.46. The van der Waals surface area contributed by atoms with Crippen LogP contribution in [0.5, 0.6) is 11.8 Å². The van der Waals surface area contributed by atoms with E-state index in [-0.39, 0.29) is 5.88 Å². The van der Waals surface area contributed by atoms with Gasteiger partial charge >= 0.3 is 0 Å². The van der Waals surface area contributed by atoms with Crippen molar-refractivity contribution in [3.8, 4) is 11.8 Å². The molecule has 0 saturated carbocycles. The molecule has 4 nitrogen and oxygen atoms in total. The van der Waals surface area contributed by atoms with Crippen molar-refractivity contribution < 1.29 is 9.47 Å². The van der Waals surface area contributed by atoms with E-state index in [2.05, 4.69) is 9.97 Å². The van der Waals surface area contributed by atoms with Gasteiger partial charge in [0, 0.05) is 0 Å². The van der Waals surface area contributed by atoms with Gasteiger partial charge < -0.3 is 9.47 Å². The van der Waals surface area contributed by atoms with Crippen LogP contribution in [0.15, 0.2) is 6.07 Å². The number of hydrogen-bond donors (Lipinski definition) is 0. The molecule has 1 aromatic rings. The van der Waals surface area contributed by atoms with Crippen LogP contribution in [0.1, 0.15) is 19.7 Å². The molecule has 1 rings (SSSR count). The second kappa shape index (κ2) is 5.65. The van der Waals surface area contributed by atoms with Crippen molar-refractivity contribution in [2.24, 2.45) is 0 Å². The number of nitrogens with zero attached hydrogens (tertiary/aromatic N) is 2. The third-order valence-electron chi connectivity index (χ3n) is 1.43. The number of rotatable bonds is 5. The monoisotopic (exact) mass is 216 g/mol. The molecule has 0 aliphatic rings. The van der Waals surface area contributed by atoms with E-state index in [0.717, 1.165) is 0 Å². The predicted octanol–water partition coefficient (Wildman–Crippen LogP) is 2.01. The predicted molar refractivity (Wildman–Crippen MR) is 53.9 cm³/mol. The van der Waals surface area contributed by atoms with Gasteiger partial charge in [-0.1, -0.05) is 0 Å².